The number of sulfonamides is 1. The van der Waals surface area contributed by atoms with Gasteiger partial charge < -0.3 is 14.8 Å². The van der Waals surface area contributed by atoms with Gasteiger partial charge in [0.1, 0.15) is 5.75 Å². The highest BCUT2D eigenvalue weighted by atomic mass is 79.9. The first kappa shape index (κ1) is 21.5. The van der Waals surface area contributed by atoms with Gasteiger partial charge in [0.15, 0.2) is 0 Å². The van der Waals surface area contributed by atoms with E-state index in [4.69, 9.17) is 9.47 Å². The highest BCUT2D eigenvalue weighted by Gasteiger charge is 2.27. The van der Waals surface area contributed by atoms with E-state index in [-0.39, 0.29) is 10.6 Å². The van der Waals surface area contributed by atoms with E-state index >= 15 is 0 Å². The molecule has 1 amide bonds. The van der Waals surface area contributed by atoms with Crippen LogP contribution in [0.1, 0.15) is 5.56 Å². The van der Waals surface area contributed by atoms with E-state index in [1.54, 1.807) is 6.08 Å². The van der Waals surface area contributed by atoms with E-state index in [1.807, 2.05) is 24.3 Å². The fraction of sp³-hybridized carbons (Fsp3) is 0.250. The average molecular weight is 481 g/mol. The van der Waals surface area contributed by atoms with Crippen LogP contribution in [0.2, 0.25) is 0 Å². The summed E-state index contributed by atoms with van der Waals surface area (Å²) in [5.41, 5.74) is 1.14. The zero-order chi connectivity index (χ0) is 20.9. The van der Waals surface area contributed by atoms with Crippen LogP contribution < -0.4 is 10.1 Å². The van der Waals surface area contributed by atoms with Crippen LogP contribution in [0, 0.1) is 0 Å². The molecule has 0 atom stereocenters. The van der Waals surface area contributed by atoms with Crippen molar-refractivity contribution in [1.29, 1.82) is 0 Å². The number of carbonyl (C=O) groups excluding carboxylic acids is 1. The summed E-state index contributed by atoms with van der Waals surface area (Å²) < 4.78 is 38.5. The average Bonchev–Trinajstić information content (AvgIpc) is 2.74. The topological polar surface area (TPSA) is 84.9 Å². The quantitative estimate of drug-likeness (QED) is 0.641. The number of hydrogen-bond donors (Lipinski definition) is 1. The van der Waals surface area contributed by atoms with E-state index < -0.39 is 15.9 Å². The second-order valence-corrected chi connectivity index (χ2v) is 9.11. The Bertz CT molecular complexity index is 1000. The maximum atomic E-state index is 12.9. The first-order valence-corrected chi connectivity index (χ1v) is 11.1. The standard InChI is InChI=1S/C20H21BrN2O5S/c1-27-19-8-7-17(29(25,26)23-10-12-28-13-11-23)14-18(19)22-20(24)9-4-15-2-5-16(21)6-3-15/h2-9,14H,10-13H2,1H3,(H,22,24)/b9-4+. The molecular formula is C20H21BrN2O5S. The Hall–Kier alpha value is -2.20. The van der Waals surface area contributed by atoms with Crippen molar-refractivity contribution in [3.8, 4) is 5.75 Å². The van der Waals surface area contributed by atoms with Crippen molar-refractivity contribution in [2.75, 3.05) is 38.7 Å². The molecule has 0 saturated carbocycles. The maximum Gasteiger partial charge on any atom is 0.248 e. The number of anilines is 1. The van der Waals surface area contributed by atoms with Crippen molar-refractivity contribution in [3.05, 3.63) is 58.6 Å². The van der Waals surface area contributed by atoms with E-state index in [0.29, 0.717) is 32.1 Å². The molecular weight excluding hydrogens is 460 g/mol. The Labute approximate surface area is 178 Å². The molecule has 9 heteroatoms. The number of amides is 1. The van der Waals surface area contributed by atoms with Gasteiger partial charge in [-0.3, -0.25) is 4.79 Å². The zero-order valence-electron chi connectivity index (χ0n) is 15.8. The Morgan fingerprint density at radius 2 is 1.86 bits per heavy atom. The van der Waals surface area contributed by atoms with Crippen LogP contribution in [-0.4, -0.2) is 52.0 Å². The molecule has 7 nitrogen and oxygen atoms in total. The molecule has 1 aliphatic rings. The van der Waals surface area contributed by atoms with Crippen LogP contribution in [0.25, 0.3) is 6.08 Å². The van der Waals surface area contributed by atoms with Gasteiger partial charge in [-0.15, -0.1) is 0 Å². The van der Waals surface area contributed by atoms with Crippen molar-refractivity contribution in [1.82, 2.24) is 4.31 Å². The van der Waals surface area contributed by atoms with Crippen LogP contribution in [0.3, 0.4) is 0 Å². The lowest BCUT2D eigenvalue weighted by atomic mass is 10.2. The smallest absolute Gasteiger partial charge is 0.248 e. The molecule has 0 unspecified atom stereocenters. The summed E-state index contributed by atoms with van der Waals surface area (Å²) in [5.74, 6) is -0.0246. The monoisotopic (exact) mass is 480 g/mol. The number of halogens is 1. The van der Waals surface area contributed by atoms with E-state index in [9.17, 15) is 13.2 Å². The SMILES string of the molecule is COc1ccc(S(=O)(=O)N2CCOCC2)cc1NC(=O)/C=C/c1ccc(Br)cc1. The van der Waals surface area contributed by atoms with Gasteiger partial charge in [0.05, 0.1) is 30.9 Å². The predicted octanol–water partition coefficient (Wildman–Crippen LogP) is 3.13. The fourth-order valence-electron chi connectivity index (χ4n) is 2.80. The molecule has 0 aliphatic carbocycles. The second kappa shape index (κ2) is 9.53. The third kappa shape index (κ3) is 5.45. The van der Waals surface area contributed by atoms with Crippen LogP contribution in [0.4, 0.5) is 5.69 Å². The highest BCUT2D eigenvalue weighted by molar-refractivity contribution is 9.10. The van der Waals surface area contributed by atoms with E-state index in [2.05, 4.69) is 21.2 Å². The van der Waals surface area contributed by atoms with Gasteiger partial charge in [0, 0.05) is 23.6 Å². The third-order valence-corrected chi connectivity index (χ3v) is 6.76. The Morgan fingerprint density at radius 3 is 2.52 bits per heavy atom. The van der Waals surface area contributed by atoms with Gasteiger partial charge in [-0.1, -0.05) is 28.1 Å². The first-order chi connectivity index (χ1) is 13.9. The minimum absolute atomic E-state index is 0.0902. The molecule has 1 N–H and O–H groups in total. The molecule has 0 radical (unpaired) electrons. The maximum absolute atomic E-state index is 12.9. The number of rotatable bonds is 6. The van der Waals surface area contributed by atoms with Crippen molar-refractivity contribution < 1.29 is 22.7 Å². The summed E-state index contributed by atoms with van der Waals surface area (Å²) in [6.07, 6.45) is 3.05. The number of hydrogen-bond acceptors (Lipinski definition) is 5. The lowest BCUT2D eigenvalue weighted by Gasteiger charge is -2.26. The van der Waals surface area contributed by atoms with Gasteiger partial charge in [0.25, 0.3) is 0 Å². The molecule has 1 fully saturated rings. The number of methoxy groups -OCH3 is 1. The van der Waals surface area contributed by atoms with Gasteiger partial charge in [-0.05, 0) is 42.0 Å². The van der Waals surface area contributed by atoms with Crippen LogP contribution in [0.15, 0.2) is 57.9 Å². The van der Waals surface area contributed by atoms with Crippen LogP contribution in [-0.2, 0) is 19.6 Å². The lowest BCUT2D eigenvalue weighted by molar-refractivity contribution is -0.111. The Balaban J connectivity index is 1.79. The number of morpholine rings is 1. The molecule has 2 aromatic rings. The Morgan fingerprint density at radius 1 is 1.17 bits per heavy atom. The molecule has 29 heavy (non-hydrogen) atoms. The van der Waals surface area contributed by atoms with Gasteiger partial charge in [-0.2, -0.15) is 4.31 Å². The number of benzene rings is 2. The second-order valence-electron chi connectivity index (χ2n) is 6.25. The summed E-state index contributed by atoms with van der Waals surface area (Å²) in [6.45, 7) is 1.32. The third-order valence-electron chi connectivity index (χ3n) is 4.33. The largest absolute Gasteiger partial charge is 0.495 e. The zero-order valence-corrected chi connectivity index (χ0v) is 18.2. The molecule has 2 aromatic carbocycles. The summed E-state index contributed by atoms with van der Waals surface area (Å²) >= 11 is 3.36. The molecule has 3 rings (SSSR count). The number of ether oxygens (including phenoxy) is 2. The minimum atomic E-state index is -3.68. The molecule has 0 spiro atoms. The molecule has 1 heterocycles. The van der Waals surface area contributed by atoms with Gasteiger partial charge >= 0.3 is 0 Å². The summed E-state index contributed by atoms with van der Waals surface area (Å²) in [4.78, 5) is 12.4. The van der Waals surface area contributed by atoms with Crippen LogP contribution in [0.5, 0.6) is 5.75 Å². The van der Waals surface area contributed by atoms with Gasteiger partial charge in [-0.25, -0.2) is 8.42 Å². The van der Waals surface area contributed by atoms with Crippen LogP contribution >= 0.6 is 15.9 Å². The molecule has 1 saturated heterocycles. The lowest BCUT2D eigenvalue weighted by Crippen LogP contribution is -2.40. The van der Waals surface area contributed by atoms with E-state index in [0.717, 1.165) is 10.0 Å². The summed E-state index contributed by atoms with van der Waals surface area (Å²) in [5, 5.41) is 2.69. The molecule has 0 bridgehead atoms. The highest BCUT2D eigenvalue weighted by Crippen LogP contribution is 2.29. The molecule has 154 valence electrons. The number of nitrogens with one attached hydrogen (secondary N) is 1. The summed E-state index contributed by atoms with van der Waals surface area (Å²) in [6, 6.07) is 11.9. The fourth-order valence-corrected chi connectivity index (χ4v) is 4.50. The molecule has 0 aromatic heterocycles. The van der Waals surface area contributed by atoms with Crippen molar-refractivity contribution in [2.24, 2.45) is 0 Å². The van der Waals surface area contributed by atoms with Crippen molar-refractivity contribution in [2.45, 2.75) is 4.90 Å². The summed E-state index contributed by atoms with van der Waals surface area (Å²) in [7, 11) is -2.22. The first-order valence-electron chi connectivity index (χ1n) is 8.91. The van der Waals surface area contributed by atoms with Crippen molar-refractivity contribution in [3.63, 3.8) is 0 Å². The predicted molar refractivity (Wildman–Crippen MR) is 114 cm³/mol. The normalized spacial score (nSPS) is 15.4. The van der Waals surface area contributed by atoms with Crippen molar-refractivity contribution >= 4 is 43.6 Å². The minimum Gasteiger partial charge on any atom is -0.495 e. The van der Waals surface area contributed by atoms with Gasteiger partial charge in [0.2, 0.25) is 15.9 Å². The Kier molecular flexibility index (Phi) is 7.07. The van der Waals surface area contributed by atoms with E-state index in [1.165, 1.54) is 35.7 Å². The number of carbonyl (C=O) groups is 1. The number of nitrogens with zero attached hydrogens (tertiary/aromatic N) is 1. The molecule has 1 aliphatic heterocycles.